The molecule has 0 aromatic rings. The van der Waals surface area contributed by atoms with Gasteiger partial charge in [0.05, 0.1) is 31.7 Å². The van der Waals surface area contributed by atoms with Gasteiger partial charge in [0.25, 0.3) is 0 Å². The van der Waals surface area contributed by atoms with Crippen LogP contribution in [0.1, 0.15) is 13.3 Å². The molecule has 2 N–H and O–H groups in total. The molecule has 0 aromatic heterocycles. The highest BCUT2D eigenvalue weighted by atomic mass is 16.5. The lowest BCUT2D eigenvalue weighted by Crippen LogP contribution is -2.41. The van der Waals surface area contributed by atoms with Crippen LogP contribution >= 0.6 is 0 Å². The van der Waals surface area contributed by atoms with Crippen molar-refractivity contribution in [2.24, 2.45) is 0 Å². The van der Waals surface area contributed by atoms with E-state index < -0.39 is 0 Å². The molecule has 0 aromatic carbocycles. The molecule has 0 aliphatic heterocycles. The maximum absolute atomic E-state index is 8.85. The zero-order chi connectivity index (χ0) is 9.40. The Hall–Kier alpha value is -0.630. The largest absolute Gasteiger partial charge is 0.395 e. The molecule has 0 fully saturated rings. The molecule has 0 rings (SSSR count). The molecular weight excluding hydrogens is 156 g/mol. The summed E-state index contributed by atoms with van der Waals surface area (Å²) in [5, 5.41) is 20.3. The highest BCUT2D eigenvalue weighted by Crippen LogP contribution is 1.92. The molecule has 2 atom stereocenters. The third-order valence-corrected chi connectivity index (χ3v) is 1.51. The fourth-order valence-electron chi connectivity index (χ4n) is 0.953. The van der Waals surface area contributed by atoms with Crippen LogP contribution in [0.15, 0.2) is 0 Å². The molecule has 0 saturated heterocycles. The van der Waals surface area contributed by atoms with E-state index in [9.17, 15) is 0 Å². The van der Waals surface area contributed by atoms with Gasteiger partial charge in [0.1, 0.15) is 0 Å². The van der Waals surface area contributed by atoms with Gasteiger partial charge in [0.15, 0.2) is 0 Å². The smallest absolute Gasteiger partial charge is 0.0638 e. The molecule has 70 valence electrons. The highest BCUT2D eigenvalue weighted by Gasteiger charge is 2.09. The second-order valence-electron chi connectivity index (χ2n) is 2.76. The molecule has 0 amide bonds. The van der Waals surface area contributed by atoms with Crippen LogP contribution in [0.5, 0.6) is 0 Å². The van der Waals surface area contributed by atoms with E-state index in [1.54, 1.807) is 7.11 Å². The molecule has 12 heavy (non-hydrogen) atoms. The number of aliphatic hydroxyl groups is 1. The minimum Gasteiger partial charge on any atom is -0.395 e. The molecule has 4 heteroatoms. The predicted octanol–water partition coefficient (Wildman–Crippen LogP) is -0.115. The number of methoxy groups -OCH3 is 1. The molecule has 2 unspecified atom stereocenters. The maximum atomic E-state index is 8.85. The van der Waals surface area contributed by atoms with Crippen molar-refractivity contribution in [3.63, 3.8) is 0 Å². The van der Waals surface area contributed by atoms with Crippen LogP contribution in [0.4, 0.5) is 0 Å². The van der Waals surface area contributed by atoms with Gasteiger partial charge in [0.2, 0.25) is 0 Å². The molecule has 0 heterocycles. The second kappa shape index (κ2) is 7.04. The Morgan fingerprint density at radius 3 is 2.75 bits per heavy atom. The van der Waals surface area contributed by atoms with Gasteiger partial charge in [-0.2, -0.15) is 5.26 Å². The van der Waals surface area contributed by atoms with Crippen molar-refractivity contribution < 1.29 is 9.84 Å². The first-order valence-corrected chi connectivity index (χ1v) is 3.97. The van der Waals surface area contributed by atoms with Crippen molar-refractivity contribution in [3.8, 4) is 6.07 Å². The van der Waals surface area contributed by atoms with E-state index in [0.717, 1.165) is 0 Å². The lowest BCUT2D eigenvalue weighted by atomic mass is 10.2. The van der Waals surface area contributed by atoms with Crippen molar-refractivity contribution in [2.45, 2.75) is 25.4 Å². The molecule has 0 spiro atoms. The van der Waals surface area contributed by atoms with Gasteiger partial charge < -0.3 is 15.2 Å². The van der Waals surface area contributed by atoms with E-state index in [4.69, 9.17) is 15.1 Å². The van der Waals surface area contributed by atoms with Crippen molar-refractivity contribution in [1.82, 2.24) is 5.32 Å². The first kappa shape index (κ1) is 11.4. The number of nitriles is 1. The Morgan fingerprint density at radius 2 is 2.33 bits per heavy atom. The van der Waals surface area contributed by atoms with E-state index in [1.165, 1.54) is 0 Å². The van der Waals surface area contributed by atoms with E-state index in [2.05, 4.69) is 11.4 Å². The Bertz CT molecular complexity index is 144. The minimum absolute atomic E-state index is 0.0314. The van der Waals surface area contributed by atoms with Crippen LogP contribution in [-0.2, 0) is 4.74 Å². The van der Waals surface area contributed by atoms with Gasteiger partial charge in [-0.25, -0.2) is 0 Å². The summed E-state index contributed by atoms with van der Waals surface area (Å²) in [7, 11) is 1.58. The molecular formula is C8H16N2O2. The molecule has 0 bridgehead atoms. The Labute approximate surface area is 73.1 Å². The van der Waals surface area contributed by atoms with Gasteiger partial charge in [-0.05, 0) is 6.92 Å². The zero-order valence-corrected chi connectivity index (χ0v) is 7.58. The molecule has 0 aliphatic rings. The number of nitrogens with zero attached hydrogens (tertiary/aromatic N) is 1. The van der Waals surface area contributed by atoms with Gasteiger partial charge >= 0.3 is 0 Å². The van der Waals surface area contributed by atoms with Gasteiger partial charge in [-0.1, -0.05) is 0 Å². The van der Waals surface area contributed by atoms with Crippen LogP contribution in [0.2, 0.25) is 0 Å². The van der Waals surface area contributed by atoms with Crippen LogP contribution in [0.3, 0.4) is 0 Å². The normalized spacial score (nSPS) is 15.2. The van der Waals surface area contributed by atoms with E-state index in [0.29, 0.717) is 13.0 Å². The molecule has 0 radical (unpaired) electrons. The van der Waals surface area contributed by atoms with Crippen LogP contribution in [-0.4, -0.2) is 37.5 Å². The summed E-state index contributed by atoms with van der Waals surface area (Å²) < 4.78 is 4.87. The third kappa shape index (κ3) is 5.08. The standard InChI is InChI=1S/C8H16N2O2/c1-7(3-4-9)10-8(5-11)6-12-2/h7-8,10-11H,3,5-6H2,1-2H3. The van der Waals surface area contributed by atoms with Crippen LogP contribution in [0, 0.1) is 11.3 Å². The summed E-state index contributed by atoms with van der Waals surface area (Å²) in [6.45, 7) is 2.40. The van der Waals surface area contributed by atoms with Crippen molar-refractivity contribution in [2.75, 3.05) is 20.3 Å². The Balaban J connectivity index is 3.62. The van der Waals surface area contributed by atoms with E-state index in [1.807, 2.05) is 6.92 Å². The summed E-state index contributed by atoms with van der Waals surface area (Å²) in [5.41, 5.74) is 0. The lowest BCUT2D eigenvalue weighted by Gasteiger charge is -2.18. The summed E-state index contributed by atoms with van der Waals surface area (Å²) >= 11 is 0. The summed E-state index contributed by atoms with van der Waals surface area (Å²) in [5.74, 6) is 0. The van der Waals surface area contributed by atoms with Crippen molar-refractivity contribution >= 4 is 0 Å². The zero-order valence-electron chi connectivity index (χ0n) is 7.58. The average Bonchev–Trinajstić information content (AvgIpc) is 2.04. The average molecular weight is 172 g/mol. The topological polar surface area (TPSA) is 65.3 Å². The SMILES string of the molecule is COCC(CO)NC(C)CC#N. The minimum atomic E-state index is -0.0710. The molecule has 0 aliphatic carbocycles. The summed E-state index contributed by atoms with van der Waals surface area (Å²) in [6, 6.07) is 2.08. The Morgan fingerprint density at radius 1 is 1.67 bits per heavy atom. The van der Waals surface area contributed by atoms with Gasteiger partial charge in [-0.3, -0.25) is 0 Å². The number of ether oxygens (including phenoxy) is 1. The quantitative estimate of drug-likeness (QED) is 0.586. The fraction of sp³-hybridized carbons (Fsp3) is 0.875. The first-order valence-electron chi connectivity index (χ1n) is 3.97. The fourth-order valence-corrected chi connectivity index (χ4v) is 0.953. The third-order valence-electron chi connectivity index (χ3n) is 1.51. The number of hydrogen-bond donors (Lipinski definition) is 2. The van der Waals surface area contributed by atoms with Gasteiger partial charge in [-0.15, -0.1) is 0 Å². The Kier molecular flexibility index (Phi) is 6.67. The first-order chi connectivity index (χ1) is 5.74. The van der Waals surface area contributed by atoms with Crippen LogP contribution in [0.25, 0.3) is 0 Å². The van der Waals surface area contributed by atoms with E-state index in [-0.39, 0.29) is 18.7 Å². The maximum Gasteiger partial charge on any atom is 0.0638 e. The number of hydrogen-bond acceptors (Lipinski definition) is 4. The van der Waals surface area contributed by atoms with Crippen LogP contribution < -0.4 is 5.32 Å². The number of aliphatic hydroxyl groups excluding tert-OH is 1. The molecule has 0 saturated carbocycles. The summed E-state index contributed by atoms with van der Waals surface area (Å²) in [4.78, 5) is 0. The molecule has 4 nitrogen and oxygen atoms in total. The number of nitrogens with one attached hydrogen (secondary N) is 1. The van der Waals surface area contributed by atoms with Crippen molar-refractivity contribution in [3.05, 3.63) is 0 Å². The predicted molar refractivity (Wildman–Crippen MR) is 45.6 cm³/mol. The van der Waals surface area contributed by atoms with Crippen molar-refractivity contribution in [1.29, 1.82) is 5.26 Å². The monoisotopic (exact) mass is 172 g/mol. The summed E-state index contributed by atoms with van der Waals surface area (Å²) in [6.07, 6.45) is 0.445. The number of rotatable bonds is 6. The van der Waals surface area contributed by atoms with Gasteiger partial charge in [0, 0.05) is 13.2 Å². The van der Waals surface area contributed by atoms with E-state index >= 15 is 0 Å². The second-order valence-corrected chi connectivity index (χ2v) is 2.76. The lowest BCUT2D eigenvalue weighted by molar-refractivity contribution is 0.123. The highest BCUT2D eigenvalue weighted by molar-refractivity contribution is 4.80.